The molecule has 4 nitrogen and oxygen atoms in total. The van der Waals surface area contributed by atoms with Crippen molar-refractivity contribution in [2.24, 2.45) is 47.3 Å². The van der Waals surface area contributed by atoms with Crippen molar-refractivity contribution in [1.82, 2.24) is 0 Å². The molecule has 8 fully saturated rings. The Kier molecular flexibility index (Phi) is 7.48. The summed E-state index contributed by atoms with van der Waals surface area (Å²) in [5, 5.41) is 17.9. The maximum absolute atomic E-state index is 7.62. The molecule has 292 valence electrons. The summed E-state index contributed by atoms with van der Waals surface area (Å²) in [5.74, 6) is 8.28. The number of ether oxygens (including phenoxy) is 2. The van der Waals surface area contributed by atoms with Crippen molar-refractivity contribution in [1.29, 1.82) is 0 Å². The molecule has 8 aliphatic carbocycles. The number of nitrogens with one attached hydrogen (secondary N) is 2. The monoisotopic (exact) mass is 762 g/mol. The third-order valence-electron chi connectivity index (χ3n) is 16.3. The second-order valence-electron chi connectivity index (χ2n) is 20.1. The van der Waals surface area contributed by atoms with Gasteiger partial charge in [-0.05, 0) is 160 Å². The Morgan fingerprint density at radius 3 is 1.10 bits per heavy atom. The molecule has 0 amide bonds. The molecule has 2 N–H and O–H groups in total. The molecule has 15 rings (SSSR count). The molecule has 58 heavy (non-hydrogen) atoms. The summed E-state index contributed by atoms with van der Waals surface area (Å²) >= 11 is 0. The van der Waals surface area contributed by atoms with Crippen LogP contribution in [0.25, 0.3) is 43.1 Å². The minimum atomic E-state index is 0.270. The first-order valence-electron chi connectivity index (χ1n) is 22.7. The summed E-state index contributed by atoms with van der Waals surface area (Å²) < 4.78 is 15.2. The minimum absolute atomic E-state index is 0.270. The first kappa shape index (κ1) is 34.0. The number of fused-ring (bicyclic) bond motifs is 2. The van der Waals surface area contributed by atoms with Crippen LogP contribution in [0.4, 0.5) is 22.7 Å². The molecule has 4 heteroatoms. The van der Waals surface area contributed by atoms with Gasteiger partial charge in [0.1, 0.15) is 23.7 Å². The molecular formula is C54H54N2O2. The smallest absolute Gasteiger partial charge is 0.130 e. The third kappa shape index (κ3) is 5.32. The zero-order valence-electron chi connectivity index (χ0n) is 33.9. The van der Waals surface area contributed by atoms with E-state index in [4.69, 9.17) is 9.47 Å². The molecule has 0 aliphatic heterocycles. The normalized spacial score (nSPS) is 30.6. The number of rotatable bonds is 8. The van der Waals surface area contributed by atoms with Crippen LogP contribution in [0.1, 0.15) is 75.3 Å². The van der Waals surface area contributed by atoms with Crippen LogP contribution in [0.3, 0.4) is 0 Å². The largest absolute Gasteiger partial charge is 0.489 e. The topological polar surface area (TPSA) is 42.5 Å². The number of hydrogen-bond acceptors (Lipinski definition) is 4. The van der Waals surface area contributed by atoms with Crippen LogP contribution >= 0.6 is 0 Å². The van der Waals surface area contributed by atoms with Crippen molar-refractivity contribution in [3.63, 3.8) is 0 Å². The van der Waals surface area contributed by atoms with Gasteiger partial charge < -0.3 is 20.1 Å². The Balaban J connectivity index is 1.06. The number of hydrogen-bond donors (Lipinski definition) is 2. The van der Waals surface area contributed by atoms with Gasteiger partial charge in [-0.2, -0.15) is 0 Å². The molecule has 7 aromatic rings. The third-order valence-corrected chi connectivity index (χ3v) is 16.3. The average Bonchev–Trinajstić information content (AvgIpc) is 3.22. The maximum atomic E-state index is 7.62. The van der Waals surface area contributed by atoms with E-state index < -0.39 is 0 Å². The van der Waals surface area contributed by atoms with Gasteiger partial charge in [-0.25, -0.2) is 0 Å². The van der Waals surface area contributed by atoms with Crippen molar-refractivity contribution in [2.45, 2.75) is 90.3 Å². The molecule has 8 aliphatic rings. The Morgan fingerprint density at radius 2 is 0.741 bits per heavy atom. The fourth-order valence-electron chi connectivity index (χ4n) is 14.3. The fraction of sp³-hybridized carbons (Fsp3) is 0.407. The summed E-state index contributed by atoms with van der Waals surface area (Å²) in [5.41, 5.74) is 6.95. The first-order valence-corrected chi connectivity index (χ1v) is 22.7. The van der Waals surface area contributed by atoms with E-state index in [1.165, 1.54) is 118 Å². The second-order valence-corrected chi connectivity index (χ2v) is 20.1. The van der Waals surface area contributed by atoms with E-state index in [1.807, 2.05) is 0 Å². The maximum Gasteiger partial charge on any atom is 0.130 e. The van der Waals surface area contributed by atoms with E-state index in [0.717, 1.165) is 57.9 Å². The van der Waals surface area contributed by atoms with Gasteiger partial charge in [0.15, 0.2) is 0 Å². The molecule has 0 heterocycles. The summed E-state index contributed by atoms with van der Waals surface area (Å²) in [6.07, 6.45) is 14.1. The van der Waals surface area contributed by atoms with Crippen molar-refractivity contribution in [3.8, 4) is 11.5 Å². The zero-order valence-corrected chi connectivity index (χ0v) is 33.9. The van der Waals surface area contributed by atoms with Gasteiger partial charge in [0.05, 0.1) is 11.4 Å². The summed E-state index contributed by atoms with van der Waals surface area (Å²) in [6, 6.07) is 36.3. The van der Waals surface area contributed by atoms with Gasteiger partial charge in [-0.3, -0.25) is 0 Å². The van der Waals surface area contributed by atoms with Crippen LogP contribution in [0.5, 0.6) is 11.5 Å². The second kappa shape index (κ2) is 12.8. The Hall–Kier alpha value is -4.96. The van der Waals surface area contributed by atoms with Crippen LogP contribution in [0.2, 0.25) is 0 Å². The standard InChI is InChI=1S/C54H54N2O2/c1-29-9-13-39(14-10-29)55-45-27-47(57-53-35-19-31-17-32(21-35)22-36(53)20-31)51-44-8-4-6-42-46(56-40-15-11-30(2)12-16-40)28-48(52(50(42)44)43-7-3-5-41(45)49(43)51)58-54-37-23-33-18-34(25-37)26-38(54)24-33/h3-16,27-28,31-38,53-56H,17-26H2,1-2H3. The van der Waals surface area contributed by atoms with Crippen molar-refractivity contribution in [2.75, 3.05) is 10.6 Å². The predicted octanol–water partition coefficient (Wildman–Crippen LogP) is 14.2. The lowest BCUT2D eigenvalue weighted by molar-refractivity contribution is -0.0784. The van der Waals surface area contributed by atoms with Gasteiger partial charge in [0.2, 0.25) is 0 Å². The number of benzene rings is 7. The lowest BCUT2D eigenvalue weighted by Crippen LogP contribution is -2.50. The molecular weight excluding hydrogens is 709 g/mol. The highest BCUT2D eigenvalue weighted by Gasteiger charge is 2.51. The van der Waals surface area contributed by atoms with Gasteiger partial charge in [-0.15, -0.1) is 0 Å². The van der Waals surface area contributed by atoms with Gasteiger partial charge in [-0.1, -0.05) is 71.8 Å². The van der Waals surface area contributed by atoms with Crippen LogP contribution < -0.4 is 20.1 Å². The summed E-state index contributed by atoms with van der Waals surface area (Å²) in [4.78, 5) is 0. The summed E-state index contributed by atoms with van der Waals surface area (Å²) in [7, 11) is 0. The van der Waals surface area contributed by atoms with E-state index in [2.05, 4.69) is 122 Å². The number of aryl methyl sites for hydroxylation is 2. The van der Waals surface area contributed by atoms with E-state index in [0.29, 0.717) is 23.7 Å². The molecule has 0 saturated heterocycles. The van der Waals surface area contributed by atoms with Gasteiger partial charge in [0.25, 0.3) is 0 Å². The molecule has 0 unspecified atom stereocenters. The van der Waals surface area contributed by atoms with E-state index in [1.54, 1.807) is 0 Å². The van der Waals surface area contributed by atoms with Crippen molar-refractivity contribution >= 4 is 65.8 Å². The lowest BCUT2D eigenvalue weighted by atomic mass is 9.55. The summed E-state index contributed by atoms with van der Waals surface area (Å²) in [6.45, 7) is 4.32. The quantitative estimate of drug-likeness (QED) is 0.120. The van der Waals surface area contributed by atoms with Gasteiger partial charge in [0, 0.05) is 55.8 Å². The van der Waals surface area contributed by atoms with Crippen LogP contribution in [0.15, 0.2) is 97.1 Å². The van der Waals surface area contributed by atoms with E-state index in [9.17, 15) is 0 Å². The molecule has 8 saturated carbocycles. The molecule has 0 aromatic heterocycles. The first-order chi connectivity index (χ1) is 28.5. The number of anilines is 4. The predicted molar refractivity (Wildman–Crippen MR) is 239 cm³/mol. The van der Waals surface area contributed by atoms with Crippen LogP contribution in [0, 0.1) is 61.2 Å². The van der Waals surface area contributed by atoms with Crippen LogP contribution in [-0.2, 0) is 0 Å². The molecule has 8 bridgehead atoms. The average molecular weight is 763 g/mol. The lowest BCUT2D eigenvalue weighted by Gasteiger charge is -2.54. The Morgan fingerprint density at radius 1 is 0.397 bits per heavy atom. The van der Waals surface area contributed by atoms with Crippen molar-refractivity contribution < 1.29 is 9.47 Å². The van der Waals surface area contributed by atoms with E-state index in [-0.39, 0.29) is 12.2 Å². The molecule has 0 atom stereocenters. The highest BCUT2D eigenvalue weighted by atomic mass is 16.5. The Bertz CT molecular complexity index is 2490. The molecule has 7 aromatic carbocycles. The minimum Gasteiger partial charge on any atom is -0.489 e. The van der Waals surface area contributed by atoms with E-state index >= 15 is 0 Å². The van der Waals surface area contributed by atoms with Crippen molar-refractivity contribution in [3.05, 3.63) is 108 Å². The van der Waals surface area contributed by atoms with Gasteiger partial charge >= 0.3 is 0 Å². The van der Waals surface area contributed by atoms with Crippen LogP contribution in [-0.4, -0.2) is 12.2 Å². The zero-order chi connectivity index (χ0) is 38.2. The highest BCUT2D eigenvalue weighted by molar-refractivity contribution is 6.37. The highest BCUT2D eigenvalue weighted by Crippen LogP contribution is 2.58. The molecule has 0 spiro atoms. The Labute approximate surface area is 342 Å². The SMILES string of the molecule is Cc1ccc(Nc2cc(OC3C4CC5CC(C4)CC3C5)c3c4cccc5c(Nc6ccc(C)cc6)cc(OC6C7CC8CC(C7)CC6C8)c(c6cccc2c63)c54)cc1. The molecule has 0 radical (unpaired) electrons. The fourth-order valence-corrected chi connectivity index (χ4v) is 14.3.